The second-order valence-electron chi connectivity index (χ2n) is 6.67. The Hall–Kier alpha value is -2.98. The molecular weight excluding hydrogens is 375 g/mol. The van der Waals surface area contributed by atoms with Crippen molar-refractivity contribution in [3.63, 3.8) is 0 Å². The van der Waals surface area contributed by atoms with E-state index in [1.165, 1.54) is 0 Å². The fourth-order valence-corrected chi connectivity index (χ4v) is 2.87. The van der Waals surface area contributed by atoms with Gasteiger partial charge < -0.3 is 15.1 Å². The SMILES string of the molecule is CN(C)c1ccc(C(=O)NC2CCN(c3cc(C(F)(F)F)ncn3)CC2)nn1. The molecule has 0 spiro atoms. The van der Waals surface area contributed by atoms with Crippen LogP contribution in [0.4, 0.5) is 24.8 Å². The van der Waals surface area contributed by atoms with Gasteiger partial charge in [0.15, 0.2) is 11.5 Å². The molecule has 0 atom stereocenters. The van der Waals surface area contributed by atoms with E-state index in [2.05, 4.69) is 25.5 Å². The van der Waals surface area contributed by atoms with Gasteiger partial charge >= 0.3 is 6.18 Å². The largest absolute Gasteiger partial charge is 0.433 e. The first-order chi connectivity index (χ1) is 13.2. The molecule has 2 aromatic heterocycles. The van der Waals surface area contributed by atoms with E-state index in [1.54, 1.807) is 21.9 Å². The summed E-state index contributed by atoms with van der Waals surface area (Å²) in [6.07, 6.45) is -2.42. The number of nitrogens with zero attached hydrogens (tertiary/aromatic N) is 6. The van der Waals surface area contributed by atoms with Gasteiger partial charge in [0, 0.05) is 39.3 Å². The lowest BCUT2D eigenvalue weighted by atomic mass is 10.0. The van der Waals surface area contributed by atoms with Gasteiger partial charge in [0.2, 0.25) is 0 Å². The first-order valence-electron chi connectivity index (χ1n) is 8.70. The van der Waals surface area contributed by atoms with Gasteiger partial charge in [0.05, 0.1) is 0 Å². The van der Waals surface area contributed by atoms with Crippen LogP contribution in [0, 0.1) is 0 Å². The molecule has 0 saturated carbocycles. The molecule has 1 aliphatic heterocycles. The number of aromatic nitrogens is 4. The van der Waals surface area contributed by atoms with Crippen molar-refractivity contribution in [3.05, 3.63) is 35.9 Å². The van der Waals surface area contributed by atoms with E-state index >= 15 is 0 Å². The first-order valence-corrected chi connectivity index (χ1v) is 8.70. The molecule has 0 unspecified atom stereocenters. The summed E-state index contributed by atoms with van der Waals surface area (Å²) in [4.78, 5) is 23.1. The maximum atomic E-state index is 12.8. The number of carbonyl (C=O) groups excluding carboxylic acids is 1. The highest BCUT2D eigenvalue weighted by molar-refractivity contribution is 5.92. The van der Waals surface area contributed by atoms with E-state index < -0.39 is 11.9 Å². The van der Waals surface area contributed by atoms with Crippen LogP contribution >= 0.6 is 0 Å². The van der Waals surface area contributed by atoms with Crippen LogP contribution in [0.3, 0.4) is 0 Å². The average molecular weight is 395 g/mol. The van der Waals surface area contributed by atoms with Gasteiger partial charge in [-0.25, -0.2) is 9.97 Å². The van der Waals surface area contributed by atoms with Crippen LogP contribution in [0.1, 0.15) is 29.0 Å². The lowest BCUT2D eigenvalue weighted by Crippen LogP contribution is -2.45. The van der Waals surface area contributed by atoms with Crippen molar-refractivity contribution in [1.29, 1.82) is 0 Å². The van der Waals surface area contributed by atoms with Crippen LogP contribution in [-0.4, -0.2) is 59.3 Å². The van der Waals surface area contributed by atoms with E-state index in [9.17, 15) is 18.0 Å². The molecule has 0 aliphatic carbocycles. The van der Waals surface area contributed by atoms with Gasteiger partial charge in [-0.1, -0.05) is 0 Å². The Labute approximate surface area is 159 Å². The van der Waals surface area contributed by atoms with Crippen LogP contribution in [-0.2, 0) is 6.18 Å². The molecule has 1 amide bonds. The zero-order valence-electron chi connectivity index (χ0n) is 15.4. The molecule has 0 radical (unpaired) electrons. The van der Waals surface area contributed by atoms with Crippen LogP contribution in [0.25, 0.3) is 0 Å². The molecule has 28 heavy (non-hydrogen) atoms. The predicted octanol–water partition coefficient (Wildman–Crippen LogP) is 1.75. The fraction of sp³-hybridized carbons (Fsp3) is 0.471. The van der Waals surface area contributed by atoms with Gasteiger partial charge in [-0.15, -0.1) is 10.2 Å². The Kier molecular flexibility index (Phi) is 5.61. The Morgan fingerprint density at radius 1 is 1.18 bits per heavy atom. The van der Waals surface area contributed by atoms with Gasteiger partial charge in [-0.2, -0.15) is 13.2 Å². The number of alkyl halides is 3. The molecule has 1 saturated heterocycles. The predicted molar refractivity (Wildman–Crippen MR) is 96.1 cm³/mol. The first kappa shape index (κ1) is 19.8. The Balaban J connectivity index is 1.56. The normalized spacial score (nSPS) is 15.4. The summed E-state index contributed by atoms with van der Waals surface area (Å²) in [6, 6.07) is 4.16. The third kappa shape index (κ3) is 4.65. The third-order valence-electron chi connectivity index (χ3n) is 4.44. The Bertz CT molecular complexity index is 818. The van der Waals surface area contributed by atoms with Crippen molar-refractivity contribution in [2.24, 2.45) is 0 Å². The van der Waals surface area contributed by atoms with E-state index in [1.807, 2.05) is 14.1 Å². The van der Waals surface area contributed by atoms with Gasteiger partial charge in [0.1, 0.15) is 17.8 Å². The number of carbonyl (C=O) groups is 1. The number of hydrogen-bond acceptors (Lipinski definition) is 7. The van der Waals surface area contributed by atoms with Gasteiger partial charge in [0.25, 0.3) is 5.91 Å². The summed E-state index contributed by atoms with van der Waals surface area (Å²) in [5, 5.41) is 10.8. The van der Waals surface area contributed by atoms with Crippen molar-refractivity contribution in [2.45, 2.75) is 25.1 Å². The second-order valence-corrected chi connectivity index (χ2v) is 6.67. The van der Waals surface area contributed by atoms with E-state index in [0.29, 0.717) is 31.7 Å². The van der Waals surface area contributed by atoms with Crippen molar-refractivity contribution in [2.75, 3.05) is 37.0 Å². The third-order valence-corrected chi connectivity index (χ3v) is 4.44. The highest BCUT2D eigenvalue weighted by Crippen LogP contribution is 2.29. The highest BCUT2D eigenvalue weighted by Gasteiger charge is 2.33. The van der Waals surface area contributed by atoms with Crippen molar-refractivity contribution in [3.8, 4) is 0 Å². The number of amides is 1. The van der Waals surface area contributed by atoms with Crippen LogP contribution < -0.4 is 15.1 Å². The molecular formula is C17H20F3N7O. The summed E-state index contributed by atoms with van der Waals surface area (Å²) in [5.41, 5.74) is -0.744. The van der Waals surface area contributed by atoms with Crippen LogP contribution in [0.2, 0.25) is 0 Å². The molecule has 0 aromatic carbocycles. The van der Waals surface area contributed by atoms with E-state index in [4.69, 9.17) is 0 Å². The number of nitrogens with one attached hydrogen (secondary N) is 1. The summed E-state index contributed by atoms with van der Waals surface area (Å²) in [7, 11) is 3.65. The minimum atomic E-state index is -4.51. The smallest absolute Gasteiger partial charge is 0.361 e. The summed E-state index contributed by atoms with van der Waals surface area (Å²) >= 11 is 0. The summed E-state index contributed by atoms with van der Waals surface area (Å²) in [6.45, 7) is 0.953. The maximum Gasteiger partial charge on any atom is 0.433 e. The molecule has 1 aliphatic rings. The number of halogens is 3. The van der Waals surface area contributed by atoms with Gasteiger partial charge in [-0.3, -0.25) is 4.79 Å². The topological polar surface area (TPSA) is 87.1 Å². The molecule has 11 heteroatoms. The summed E-state index contributed by atoms with van der Waals surface area (Å²) in [5.74, 6) is 0.558. The zero-order chi connectivity index (χ0) is 20.3. The van der Waals surface area contributed by atoms with E-state index in [0.717, 1.165) is 12.4 Å². The minimum Gasteiger partial charge on any atom is -0.361 e. The quantitative estimate of drug-likeness (QED) is 0.844. The molecule has 8 nitrogen and oxygen atoms in total. The lowest BCUT2D eigenvalue weighted by molar-refractivity contribution is -0.141. The molecule has 150 valence electrons. The Morgan fingerprint density at radius 2 is 1.89 bits per heavy atom. The van der Waals surface area contributed by atoms with Crippen molar-refractivity contribution < 1.29 is 18.0 Å². The van der Waals surface area contributed by atoms with Crippen molar-refractivity contribution >= 4 is 17.5 Å². The molecule has 0 bridgehead atoms. The second kappa shape index (κ2) is 7.95. The molecule has 1 N–H and O–H groups in total. The lowest BCUT2D eigenvalue weighted by Gasteiger charge is -2.33. The number of rotatable bonds is 4. The van der Waals surface area contributed by atoms with Crippen LogP contribution in [0.15, 0.2) is 24.5 Å². The minimum absolute atomic E-state index is 0.0944. The maximum absolute atomic E-state index is 12.8. The van der Waals surface area contributed by atoms with Crippen LogP contribution in [0.5, 0.6) is 0 Å². The zero-order valence-corrected chi connectivity index (χ0v) is 15.4. The average Bonchev–Trinajstić information content (AvgIpc) is 2.68. The molecule has 1 fully saturated rings. The van der Waals surface area contributed by atoms with Gasteiger partial charge in [-0.05, 0) is 25.0 Å². The highest BCUT2D eigenvalue weighted by atomic mass is 19.4. The monoisotopic (exact) mass is 395 g/mol. The molecule has 3 rings (SSSR count). The number of hydrogen-bond donors (Lipinski definition) is 1. The van der Waals surface area contributed by atoms with E-state index in [-0.39, 0.29) is 23.5 Å². The standard InChI is InChI=1S/C17H20F3N7O/c1-26(2)14-4-3-12(24-25-14)16(28)23-11-5-7-27(8-6-11)15-9-13(17(18,19)20)21-10-22-15/h3-4,9-11H,5-8H2,1-2H3,(H,23,28). The molecule has 3 heterocycles. The summed E-state index contributed by atoms with van der Waals surface area (Å²) < 4.78 is 38.4. The fourth-order valence-electron chi connectivity index (χ4n) is 2.87. The van der Waals surface area contributed by atoms with Crippen molar-refractivity contribution in [1.82, 2.24) is 25.5 Å². The molecule has 2 aromatic rings. The number of anilines is 2. The number of piperidine rings is 1. The Morgan fingerprint density at radius 3 is 2.46 bits per heavy atom.